The Labute approximate surface area is 218 Å². The first-order chi connectivity index (χ1) is 17.3. The first-order valence-corrected chi connectivity index (χ1v) is 13.0. The number of rotatable bonds is 10. The van der Waals surface area contributed by atoms with Crippen molar-refractivity contribution < 1.29 is 23.8 Å². The normalized spacial score (nSPS) is 15.2. The van der Waals surface area contributed by atoms with E-state index in [9.17, 15) is 9.59 Å². The maximum absolute atomic E-state index is 13.0. The summed E-state index contributed by atoms with van der Waals surface area (Å²) in [4.78, 5) is 31.0. The van der Waals surface area contributed by atoms with Gasteiger partial charge in [0.15, 0.2) is 17.3 Å². The summed E-state index contributed by atoms with van der Waals surface area (Å²) in [5, 5.41) is 0.501. The number of carbonyl (C=O) groups excluding carboxylic acids is 2. The van der Waals surface area contributed by atoms with Crippen LogP contribution in [0.5, 0.6) is 17.2 Å². The third-order valence-corrected chi connectivity index (χ3v) is 7.18. The Kier molecular flexibility index (Phi) is 9.84. The molecule has 0 aliphatic carbocycles. The van der Waals surface area contributed by atoms with Crippen LogP contribution >= 0.6 is 11.8 Å². The lowest BCUT2D eigenvalue weighted by Crippen LogP contribution is -2.52. The van der Waals surface area contributed by atoms with Crippen molar-refractivity contribution in [1.82, 2.24) is 9.80 Å². The SMILES string of the molecule is COc1cc(C=CC(=O)N2CCN(C(C)C(=O)c3ccc(SC(C)C)cc3)CC2)cc(OC)c1OC. The number of carbonyl (C=O) groups is 2. The molecule has 1 saturated heterocycles. The number of hydrogen-bond acceptors (Lipinski definition) is 7. The lowest BCUT2D eigenvalue weighted by Gasteiger charge is -2.37. The van der Waals surface area contributed by atoms with Gasteiger partial charge in [0.05, 0.1) is 27.4 Å². The van der Waals surface area contributed by atoms with Gasteiger partial charge in [0.2, 0.25) is 11.7 Å². The lowest BCUT2D eigenvalue weighted by molar-refractivity contribution is -0.127. The van der Waals surface area contributed by atoms with E-state index in [-0.39, 0.29) is 17.7 Å². The molecule has 2 aromatic rings. The van der Waals surface area contributed by atoms with Crippen LogP contribution in [0.25, 0.3) is 6.08 Å². The fraction of sp³-hybridized carbons (Fsp3) is 0.429. The molecule has 1 heterocycles. The fourth-order valence-corrected chi connectivity index (χ4v) is 5.01. The molecule has 0 N–H and O–H groups in total. The van der Waals surface area contributed by atoms with Crippen molar-refractivity contribution in [3.63, 3.8) is 0 Å². The molecule has 1 fully saturated rings. The van der Waals surface area contributed by atoms with E-state index in [4.69, 9.17) is 14.2 Å². The number of thioether (sulfide) groups is 1. The Bertz CT molecular complexity index is 1050. The minimum Gasteiger partial charge on any atom is -0.493 e. The highest BCUT2D eigenvalue weighted by Gasteiger charge is 2.27. The van der Waals surface area contributed by atoms with E-state index in [1.165, 1.54) is 4.90 Å². The van der Waals surface area contributed by atoms with Gasteiger partial charge in [-0.2, -0.15) is 0 Å². The smallest absolute Gasteiger partial charge is 0.246 e. The van der Waals surface area contributed by atoms with Crippen molar-refractivity contribution in [3.8, 4) is 17.2 Å². The molecule has 0 bridgehead atoms. The molecule has 3 rings (SSSR count). The Morgan fingerprint density at radius 1 is 0.889 bits per heavy atom. The van der Waals surface area contributed by atoms with Crippen molar-refractivity contribution in [1.29, 1.82) is 0 Å². The molecule has 7 nitrogen and oxygen atoms in total. The molecule has 0 radical (unpaired) electrons. The zero-order chi connectivity index (χ0) is 26.2. The molecule has 1 atom stereocenters. The van der Waals surface area contributed by atoms with Crippen molar-refractivity contribution in [2.75, 3.05) is 47.5 Å². The third kappa shape index (κ3) is 6.83. The second-order valence-electron chi connectivity index (χ2n) is 8.88. The number of ketones is 1. The summed E-state index contributed by atoms with van der Waals surface area (Å²) >= 11 is 1.78. The van der Waals surface area contributed by atoms with Crippen LogP contribution in [0, 0.1) is 0 Å². The number of benzene rings is 2. The second-order valence-corrected chi connectivity index (χ2v) is 10.5. The summed E-state index contributed by atoms with van der Waals surface area (Å²) in [5.41, 5.74) is 1.50. The summed E-state index contributed by atoms with van der Waals surface area (Å²) < 4.78 is 16.1. The molecule has 1 unspecified atom stereocenters. The summed E-state index contributed by atoms with van der Waals surface area (Å²) in [6.07, 6.45) is 3.30. The zero-order valence-corrected chi connectivity index (χ0v) is 22.8. The van der Waals surface area contributed by atoms with Gasteiger partial charge in [-0.05, 0) is 42.8 Å². The number of Topliss-reactive ketones (excluding diaryl/α,β-unsaturated/α-hetero) is 1. The van der Waals surface area contributed by atoms with Gasteiger partial charge >= 0.3 is 0 Å². The quantitative estimate of drug-likeness (QED) is 0.261. The highest BCUT2D eigenvalue weighted by Crippen LogP contribution is 2.38. The number of hydrogen-bond donors (Lipinski definition) is 0. The van der Waals surface area contributed by atoms with Gasteiger partial charge in [-0.15, -0.1) is 11.8 Å². The van der Waals surface area contributed by atoms with E-state index < -0.39 is 0 Å². The molecule has 2 aromatic carbocycles. The molecule has 0 spiro atoms. The van der Waals surface area contributed by atoms with Crippen LogP contribution in [0.15, 0.2) is 47.4 Å². The zero-order valence-electron chi connectivity index (χ0n) is 21.9. The predicted molar refractivity (Wildman–Crippen MR) is 145 cm³/mol. The minimum atomic E-state index is -0.236. The molecule has 1 aliphatic heterocycles. The van der Waals surface area contributed by atoms with Gasteiger partial charge in [0.25, 0.3) is 0 Å². The third-order valence-electron chi connectivity index (χ3n) is 6.17. The van der Waals surface area contributed by atoms with Gasteiger partial charge in [0.1, 0.15) is 0 Å². The Balaban J connectivity index is 1.57. The van der Waals surface area contributed by atoms with Crippen molar-refractivity contribution in [2.24, 2.45) is 0 Å². The molecule has 0 saturated carbocycles. The molecule has 1 amide bonds. The van der Waals surface area contributed by atoms with E-state index >= 15 is 0 Å². The highest BCUT2D eigenvalue weighted by atomic mass is 32.2. The van der Waals surface area contributed by atoms with Crippen molar-refractivity contribution in [3.05, 3.63) is 53.6 Å². The van der Waals surface area contributed by atoms with E-state index in [0.717, 1.165) is 11.1 Å². The van der Waals surface area contributed by atoms with Crippen LogP contribution in [0.3, 0.4) is 0 Å². The average Bonchev–Trinajstić information content (AvgIpc) is 2.90. The van der Waals surface area contributed by atoms with Crippen LogP contribution in [-0.4, -0.2) is 80.3 Å². The van der Waals surface area contributed by atoms with Gasteiger partial charge < -0.3 is 19.1 Å². The molecular formula is C28H36N2O5S. The first kappa shape index (κ1) is 27.6. The van der Waals surface area contributed by atoms with E-state index in [0.29, 0.717) is 48.7 Å². The van der Waals surface area contributed by atoms with E-state index in [1.54, 1.807) is 62.3 Å². The summed E-state index contributed by atoms with van der Waals surface area (Å²) in [7, 11) is 4.67. The summed E-state index contributed by atoms with van der Waals surface area (Å²) in [5.74, 6) is 1.61. The Morgan fingerprint density at radius 2 is 1.47 bits per heavy atom. The second kappa shape index (κ2) is 12.8. The molecule has 194 valence electrons. The maximum Gasteiger partial charge on any atom is 0.246 e. The first-order valence-electron chi connectivity index (χ1n) is 12.1. The standard InChI is InChI=1S/C28H36N2O5S/c1-19(2)36-23-10-8-22(9-11-23)27(32)20(3)29-13-15-30(16-14-29)26(31)12-7-21-17-24(33-4)28(35-6)25(18-21)34-5/h7-12,17-20H,13-16H2,1-6H3. The van der Waals surface area contributed by atoms with Gasteiger partial charge in [-0.25, -0.2) is 0 Å². The van der Waals surface area contributed by atoms with Crippen molar-refractivity contribution >= 4 is 29.5 Å². The highest BCUT2D eigenvalue weighted by molar-refractivity contribution is 7.99. The van der Waals surface area contributed by atoms with E-state index in [2.05, 4.69) is 18.7 Å². The number of ether oxygens (including phenoxy) is 3. The van der Waals surface area contributed by atoms with Crippen LogP contribution < -0.4 is 14.2 Å². The van der Waals surface area contributed by atoms with Crippen LogP contribution in [0.1, 0.15) is 36.7 Å². The largest absolute Gasteiger partial charge is 0.493 e. The fourth-order valence-electron chi connectivity index (χ4n) is 4.18. The summed E-state index contributed by atoms with van der Waals surface area (Å²) in [6.45, 7) is 8.69. The van der Waals surface area contributed by atoms with Crippen LogP contribution in [-0.2, 0) is 4.79 Å². The topological polar surface area (TPSA) is 68.3 Å². The van der Waals surface area contributed by atoms with Gasteiger partial charge in [-0.1, -0.05) is 26.0 Å². The number of nitrogens with zero attached hydrogens (tertiary/aromatic N) is 2. The number of methoxy groups -OCH3 is 3. The predicted octanol–water partition coefficient (Wildman–Crippen LogP) is 4.64. The average molecular weight is 513 g/mol. The summed E-state index contributed by atoms with van der Waals surface area (Å²) in [6, 6.07) is 11.2. The number of amides is 1. The molecule has 8 heteroatoms. The molecular weight excluding hydrogens is 476 g/mol. The Hall–Kier alpha value is -2.97. The number of piperazine rings is 1. The van der Waals surface area contributed by atoms with Gasteiger partial charge in [0, 0.05) is 48.0 Å². The van der Waals surface area contributed by atoms with Crippen molar-refractivity contribution in [2.45, 2.75) is 37.0 Å². The minimum absolute atomic E-state index is 0.0689. The monoisotopic (exact) mass is 512 g/mol. The van der Waals surface area contributed by atoms with Crippen LogP contribution in [0.2, 0.25) is 0 Å². The lowest BCUT2D eigenvalue weighted by atomic mass is 10.0. The van der Waals surface area contributed by atoms with Crippen LogP contribution in [0.4, 0.5) is 0 Å². The maximum atomic E-state index is 13.0. The molecule has 0 aromatic heterocycles. The van der Waals surface area contributed by atoms with Gasteiger partial charge in [-0.3, -0.25) is 14.5 Å². The molecule has 36 heavy (non-hydrogen) atoms. The Morgan fingerprint density at radius 3 is 1.97 bits per heavy atom. The molecule has 1 aliphatic rings. The van der Waals surface area contributed by atoms with E-state index in [1.807, 2.05) is 31.2 Å².